The van der Waals surface area contributed by atoms with Gasteiger partial charge in [-0.25, -0.2) is 0 Å². The van der Waals surface area contributed by atoms with Crippen molar-refractivity contribution in [2.75, 3.05) is 6.54 Å². The van der Waals surface area contributed by atoms with Crippen LogP contribution in [0.1, 0.15) is 51.6 Å². The average Bonchev–Trinajstić information content (AvgIpc) is 2.37. The van der Waals surface area contributed by atoms with Crippen molar-refractivity contribution < 1.29 is 0 Å². The molecule has 0 aliphatic carbocycles. The Hall–Kier alpha value is -0.890. The van der Waals surface area contributed by atoms with Crippen LogP contribution >= 0.6 is 0 Å². The Morgan fingerprint density at radius 1 is 1.18 bits per heavy atom. The fourth-order valence-electron chi connectivity index (χ4n) is 2.10. The molecule has 1 aromatic rings. The lowest BCUT2D eigenvalue weighted by Gasteiger charge is -2.17. The summed E-state index contributed by atoms with van der Waals surface area (Å²) >= 11 is 0. The van der Waals surface area contributed by atoms with Crippen molar-refractivity contribution in [3.05, 3.63) is 30.1 Å². The van der Waals surface area contributed by atoms with Crippen LogP contribution in [-0.4, -0.2) is 17.6 Å². The predicted molar refractivity (Wildman–Crippen MR) is 74.2 cm³/mol. The van der Waals surface area contributed by atoms with Gasteiger partial charge in [0.05, 0.1) is 0 Å². The molecule has 17 heavy (non-hydrogen) atoms. The van der Waals surface area contributed by atoms with Gasteiger partial charge in [0.1, 0.15) is 0 Å². The highest BCUT2D eigenvalue weighted by molar-refractivity contribution is 5.03. The maximum absolute atomic E-state index is 4.34. The number of rotatable bonds is 9. The van der Waals surface area contributed by atoms with E-state index in [9.17, 15) is 0 Å². The molecule has 96 valence electrons. The van der Waals surface area contributed by atoms with Gasteiger partial charge in [-0.05, 0) is 25.0 Å². The van der Waals surface area contributed by atoms with Gasteiger partial charge >= 0.3 is 0 Å². The first-order valence-electron chi connectivity index (χ1n) is 7.00. The molecule has 0 spiro atoms. The molecule has 0 radical (unpaired) electrons. The summed E-state index contributed by atoms with van der Waals surface area (Å²) in [5.74, 6) is 0. The van der Waals surface area contributed by atoms with Gasteiger partial charge in [-0.2, -0.15) is 0 Å². The number of hydrogen-bond donors (Lipinski definition) is 1. The van der Waals surface area contributed by atoms with E-state index in [0.717, 1.165) is 13.0 Å². The Kier molecular flexibility index (Phi) is 7.65. The molecular weight excluding hydrogens is 208 g/mol. The Bertz CT molecular complexity index is 272. The highest BCUT2D eigenvalue weighted by atomic mass is 14.9. The first-order chi connectivity index (χ1) is 8.36. The SMILES string of the molecule is CCCCC(CCC)NCCc1ccccn1. The van der Waals surface area contributed by atoms with Crippen LogP contribution in [-0.2, 0) is 6.42 Å². The van der Waals surface area contributed by atoms with Crippen LogP contribution in [0.3, 0.4) is 0 Å². The summed E-state index contributed by atoms with van der Waals surface area (Å²) in [4.78, 5) is 4.34. The number of pyridine rings is 1. The maximum Gasteiger partial charge on any atom is 0.0416 e. The number of nitrogens with zero attached hydrogens (tertiary/aromatic N) is 1. The Morgan fingerprint density at radius 2 is 2.06 bits per heavy atom. The maximum atomic E-state index is 4.34. The van der Waals surface area contributed by atoms with Gasteiger partial charge in [-0.15, -0.1) is 0 Å². The van der Waals surface area contributed by atoms with E-state index in [1.165, 1.54) is 37.8 Å². The van der Waals surface area contributed by atoms with E-state index in [4.69, 9.17) is 0 Å². The highest BCUT2D eigenvalue weighted by Crippen LogP contribution is 2.06. The van der Waals surface area contributed by atoms with Gasteiger partial charge in [0.15, 0.2) is 0 Å². The number of hydrogen-bond acceptors (Lipinski definition) is 2. The van der Waals surface area contributed by atoms with Gasteiger partial charge in [0.25, 0.3) is 0 Å². The van der Waals surface area contributed by atoms with Crippen molar-refractivity contribution in [3.8, 4) is 0 Å². The predicted octanol–water partition coefficient (Wildman–Crippen LogP) is 3.57. The summed E-state index contributed by atoms with van der Waals surface area (Å²) in [5.41, 5.74) is 1.19. The molecule has 0 aromatic carbocycles. The van der Waals surface area contributed by atoms with E-state index in [1.54, 1.807) is 0 Å². The third-order valence-corrected chi connectivity index (χ3v) is 3.08. The molecule has 1 aromatic heterocycles. The van der Waals surface area contributed by atoms with E-state index >= 15 is 0 Å². The van der Waals surface area contributed by atoms with E-state index in [0.29, 0.717) is 6.04 Å². The van der Waals surface area contributed by atoms with Crippen molar-refractivity contribution >= 4 is 0 Å². The third kappa shape index (κ3) is 6.42. The fourth-order valence-corrected chi connectivity index (χ4v) is 2.10. The third-order valence-electron chi connectivity index (χ3n) is 3.08. The van der Waals surface area contributed by atoms with Crippen LogP contribution in [0.5, 0.6) is 0 Å². The molecule has 0 saturated carbocycles. The van der Waals surface area contributed by atoms with Crippen molar-refractivity contribution in [2.45, 2.75) is 58.4 Å². The number of unbranched alkanes of at least 4 members (excludes halogenated alkanes) is 1. The summed E-state index contributed by atoms with van der Waals surface area (Å²) in [6, 6.07) is 6.83. The van der Waals surface area contributed by atoms with Gasteiger partial charge in [-0.3, -0.25) is 4.98 Å². The number of nitrogens with one attached hydrogen (secondary N) is 1. The van der Waals surface area contributed by atoms with Crippen LogP contribution in [0.4, 0.5) is 0 Å². The molecule has 1 N–H and O–H groups in total. The zero-order chi connectivity index (χ0) is 12.3. The van der Waals surface area contributed by atoms with Crippen LogP contribution < -0.4 is 5.32 Å². The average molecular weight is 234 g/mol. The Morgan fingerprint density at radius 3 is 2.71 bits per heavy atom. The molecule has 0 aliphatic heterocycles. The zero-order valence-electron chi connectivity index (χ0n) is 11.3. The van der Waals surface area contributed by atoms with E-state index in [-0.39, 0.29) is 0 Å². The van der Waals surface area contributed by atoms with Crippen LogP contribution in [0.25, 0.3) is 0 Å². The fraction of sp³-hybridized carbons (Fsp3) is 0.667. The smallest absolute Gasteiger partial charge is 0.0416 e. The molecule has 0 amide bonds. The lowest BCUT2D eigenvalue weighted by atomic mass is 10.1. The quantitative estimate of drug-likeness (QED) is 0.706. The summed E-state index contributed by atoms with van der Waals surface area (Å²) in [6.07, 6.45) is 9.41. The highest BCUT2D eigenvalue weighted by Gasteiger charge is 2.05. The molecule has 0 fully saturated rings. The zero-order valence-corrected chi connectivity index (χ0v) is 11.3. The summed E-state index contributed by atoms with van der Waals surface area (Å²) in [5, 5.41) is 3.66. The molecule has 0 bridgehead atoms. The normalized spacial score (nSPS) is 12.6. The molecule has 1 heterocycles. The molecule has 1 unspecified atom stereocenters. The molecule has 2 nitrogen and oxygen atoms in total. The largest absolute Gasteiger partial charge is 0.314 e. The molecule has 1 atom stereocenters. The second-order valence-corrected chi connectivity index (χ2v) is 4.65. The monoisotopic (exact) mass is 234 g/mol. The van der Waals surface area contributed by atoms with E-state index in [2.05, 4.69) is 36.3 Å². The standard InChI is InChI=1S/C15H26N2/c1-3-5-9-14(8-4-2)17-13-11-15-10-6-7-12-16-15/h6-7,10,12,14,17H,3-5,8-9,11,13H2,1-2H3. The van der Waals surface area contributed by atoms with Crippen molar-refractivity contribution in [1.82, 2.24) is 10.3 Å². The topological polar surface area (TPSA) is 24.9 Å². The van der Waals surface area contributed by atoms with Crippen molar-refractivity contribution in [1.29, 1.82) is 0 Å². The first kappa shape index (κ1) is 14.2. The summed E-state index contributed by atoms with van der Waals surface area (Å²) < 4.78 is 0. The van der Waals surface area contributed by atoms with Crippen molar-refractivity contribution in [2.24, 2.45) is 0 Å². The second-order valence-electron chi connectivity index (χ2n) is 4.65. The van der Waals surface area contributed by atoms with Gasteiger partial charge in [-0.1, -0.05) is 39.2 Å². The molecule has 0 saturated heterocycles. The molecular formula is C15H26N2. The number of aromatic nitrogens is 1. The first-order valence-corrected chi connectivity index (χ1v) is 7.00. The molecule has 1 rings (SSSR count). The van der Waals surface area contributed by atoms with E-state index in [1.807, 2.05) is 12.3 Å². The summed E-state index contributed by atoms with van der Waals surface area (Å²) in [7, 11) is 0. The van der Waals surface area contributed by atoms with Gasteiger partial charge in [0.2, 0.25) is 0 Å². The lowest BCUT2D eigenvalue weighted by Crippen LogP contribution is -2.30. The Balaban J connectivity index is 2.22. The van der Waals surface area contributed by atoms with Gasteiger partial charge < -0.3 is 5.32 Å². The minimum atomic E-state index is 0.698. The van der Waals surface area contributed by atoms with Crippen molar-refractivity contribution in [3.63, 3.8) is 0 Å². The minimum Gasteiger partial charge on any atom is -0.314 e. The van der Waals surface area contributed by atoms with Crippen LogP contribution in [0.2, 0.25) is 0 Å². The van der Waals surface area contributed by atoms with E-state index < -0.39 is 0 Å². The minimum absolute atomic E-state index is 0.698. The van der Waals surface area contributed by atoms with Crippen LogP contribution in [0, 0.1) is 0 Å². The molecule has 2 heteroatoms. The molecule has 0 aliphatic rings. The Labute approximate surface area is 106 Å². The van der Waals surface area contributed by atoms with Crippen LogP contribution in [0.15, 0.2) is 24.4 Å². The van der Waals surface area contributed by atoms with Gasteiger partial charge in [0, 0.05) is 30.9 Å². The summed E-state index contributed by atoms with van der Waals surface area (Å²) in [6.45, 7) is 5.57. The second kappa shape index (κ2) is 9.17. The lowest BCUT2D eigenvalue weighted by molar-refractivity contribution is 0.437.